The molecule has 0 radical (unpaired) electrons. The number of fused-ring (bicyclic) bond motifs is 3. The predicted molar refractivity (Wildman–Crippen MR) is 103 cm³/mol. The molecule has 142 valence electrons. The van der Waals surface area contributed by atoms with E-state index in [9.17, 15) is 13.2 Å². The molecule has 0 aliphatic heterocycles. The molecule has 27 heavy (non-hydrogen) atoms. The monoisotopic (exact) mass is 405 g/mol. The second-order valence-electron chi connectivity index (χ2n) is 6.54. The van der Waals surface area contributed by atoms with Gasteiger partial charge in [-0.2, -0.15) is 8.42 Å². The molecule has 3 aromatic rings. The van der Waals surface area contributed by atoms with Crippen molar-refractivity contribution >= 4 is 38.3 Å². The van der Waals surface area contributed by atoms with Crippen molar-refractivity contribution in [3.8, 4) is 5.75 Å². The fourth-order valence-corrected chi connectivity index (χ4v) is 5.44. The van der Waals surface area contributed by atoms with Crippen molar-refractivity contribution in [2.75, 3.05) is 0 Å². The minimum Gasteiger partial charge on any atom is -0.461 e. The Morgan fingerprint density at radius 1 is 1.22 bits per heavy atom. The summed E-state index contributed by atoms with van der Waals surface area (Å²) >= 11 is 1.08. The van der Waals surface area contributed by atoms with Crippen molar-refractivity contribution < 1.29 is 21.8 Å². The number of carbonyl (C=O) groups excluding carboxylic acids is 1. The minimum atomic E-state index is -3.93. The molecule has 0 bridgehead atoms. The van der Waals surface area contributed by atoms with E-state index in [0.717, 1.165) is 64.2 Å². The van der Waals surface area contributed by atoms with Crippen LogP contribution in [0.3, 0.4) is 0 Å². The summed E-state index contributed by atoms with van der Waals surface area (Å²) in [5, 5.41) is 3.57. The normalized spacial score (nSPS) is 14.1. The molecule has 0 spiro atoms. The molecule has 1 aromatic carbocycles. The molecule has 6 nitrogen and oxygen atoms in total. The number of thiophene rings is 1. The molecular weight excluding hydrogens is 386 g/mol. The third-order valence-electron chi connectivity index (χ3n) is 4.53. The number of hydrogen-bond donors (Lipinski definition) is 1. The van der Waals surface area contributed by atoms with Gasteiger partial charge in [0.2, 0.25) is 5.91 Å². The molecule has 1 N–H and O–H groups in total. The maximum Gasteiger partial charge on any atom is 0.348 e. The van der Waals surface area contributed by atoms with E-state index in [-0.39, 0.29) is 15.9 Å². The van der Waals surface area contributed by atoms with Crippen molar-refractivity contribution in [1.82, 2.24) is 5.32 Å². The number of nitrogens with one attached hydrogen (secondary N) is 1. The molecule has 8 heteroatoms. The Morgan fingerprint density at radius 3 is 2.85 bits per heavy atom. The number of furan rings is 1. The first-order valence-corrected chi connectivity index (χ1v) is 11.0. The fourth-order valence-electron chi connectivity index (χ4n) is 3.26. The van der Waals surface area contributed by atoms with Crippen molar-refractivity contribution in [3.63, 3.8) is 0 Å². The SMILES string of the molecule is CC(=O)NCc1ccc(S(=O)(=O)Oc2ccc3oc4c(c3c2)CCCC4)s1. The average Bonchev–Trinajstić information content (AvgIpc) is 3.24. The lowest BCUT2D eigenvalue weighted by molar-refractivity contribution is -0.119. The predicted octanol–water partition coefficient (Wildman–Crippen LogP) is 3.78. The highest BCUT2D eigenvalue weighted by Crippen LogP contribution is 2.35. The van der Waals surface area contributed by atoms with Crippen LogP contribution in [0.25, 0.3) is 11.0 Å². The zero-order chi connectivity index (χ0) is 19.0. The van der Waals surface area contributed by atoms with Crippen molar-refractivity contribution in [1.29, 1.82) is 0 Å². The maximum atomic E-state index is 12.6. The highest BCUT2D eigenvalue weighted by molar-refractivity contribution is 7.89. The third-order valence-corrected chi connectivity index (χ3v) is 7.31. The van der Waals surface area contributed by atoms with E-state index < -0.39 is 10.1 Å². The first kappa shape index (κ1) is 18.1. The number of carbonyl (C=O) groups is 1. The molecule has 0 fully saturated rings. The average molecular weight is 405 g/mol. The van der Waals surface area contributed by atoms with E-state index in [1.54, 1.807) is 24.3 Å². The summed E-state index contributed by atoms with van der Waals surface area (Å²) < 4.78 is 36.5. The summed E-state index contributed by atoms with van der Waals surface area (Å²) in [7, 11) is -3.93. The van der Waals surface area contributed by atoms with Crippen LogP contribution in [0.4, 0.5) is 0 Å². The zero-order valence-electron chi connectivity index (χ0n) is 14.8. The van der Waals surface area contributed by atoms with Crippen molar-refractivity contribution in [2.45, 2.75) is 43.4 Å². The summed E-state index contributed by atoms with van der Waals surface area (Å²) in [6.07, 6.45) is 4.09. The second-order valence-corrected chi connectivity index (χ2v) is 9.48. The molecule has 1 aliphatic rings. The van der Waals surface area contributed by atoms with Gasteiger partial charge in [0.25, 0.3) is 0 Å². The van der Waals surface area contributed by atoms with E-state index in [4.69, 9.17) is 8.60 Å². The Morgan fingerprint density at radius 2 is 2.04 bits per heavy atom. The van der Waals surface area contributed by atoms with Crippen LogP contribution in [-0.2, 0) is 34.3 Å². The van der Waals surface area contributed by atoms with Crippen LogP contribution < -0.4 is 9.50 Å². The molecule has 4 rings (SSSR count). The van der Waals surface area contributed by atoms with E-state index in [0.29, 0.717) is 6.54 Å². The van der Waals surface area contributed by atoms with E-state index in [1.165, 1.54) is 13.0 Å². The summed E-state index contributed by atoms with van der Waals surface area (Å²) in [5.41, 5.74) is 1.92. The van der Waals surface area contributed by atoms with Gasteiger partial charge in [-0.3, -0.25) is 4.79 Å². The number of aryl methyl sites for hydroxylation is 2. The van der Waals surface area contributed by atoms with Gasteiger partial charge in [-0.15, -0.1) is 11.3 Å². The molecule has 0 saturated carbocycles. The van der Waals surface area contributed by atoms with Gasteiger partial charge in [0.1, 0.15) is 17.1 Å². The third kappa shape index (κ3) is 3.72. The second kappa shape index (κ2) is 7.01. The van der Waals surface area contributed by atoms with Crippen LogP contribution in [0.15, 0.2) is 39.0 Å². The topological polar surface area (TPSA) is 85.6 Å². The molecule has 1 aliphatic carbocycles. The Balaban J connectivity index is 1.58. The standard InChI is InChI=1S/C19H19NO5S2/c1-12(21)20-11-14-7-9-19(26-14)27(22,23)25-13-6-8-18-16(10-13)15-4-2-3-5-17(15)24-18/h6-10H,2-5,11H2,1H3,(H,20,21). The van der Waals surface area contributed by atoms with Gasteiger partial charge in [0, 0.05) is 29.2 Å². The Kier molecular flexibility index (Phi) is 4.69. The zero-order valence-corrected chi connectivity index (χ0v) is 16.4. The lowest BCUT2D eigenvalue weighted by Crippen LogP contribution is -2.18. The quantitative estimate of drug-likeness (QED) is 0.653. The van der Waals surface area contributed by atoms with Gasteiger partial charge >= 0.3 is 10.1 Å². The van der Waals surface area contributed by atoms with E-state index >= 15 is 0 Å². The Hall–Kier alpha value is -2.32. The van der Waals surface area contributed by atoms with Crippen LogP contribution >= 0.6 is 11.3 Å². The number of rotatable bonds is 5. The number of amides is 1. The van der Waals surface area contributed by atoms with Crippen LogP contribution in [0.5, 0.6) is 5.75 Å². The highest BCUT2D eigenvalue weighted by atomic mass is 32.3. The summed E-state index contributed by atoms with van der Waals surface area (Å²) in [6, 6.07) is 8.28. The first-order chi connectivity index (χ1) is 12.9. The summed E-state index contributed by atoms with van der Waals surface area (Å²) in [5.74, 6) is 1.10. The van der Waals surface area contributed by atoms with Gasteiger partial charge in [-0.1, -0.05) is 0 Å². The van der Waals surface area contributed by atoms with Crippen LogP contribution in [0, 0.1) is 0 Å². The highest BCUT2D eigenvalue weighted by Gasteiger charge is 2.22. The van der Waals surface area contributed by atoms with Gasteiger partial charge in [0.15, 0.2) is 4.21 Å². The minimum absolute atomic E-state index is 0.108. The van der Waals surface area contributed by atoms with Gasteiger partial charge in [-0.05, 0) is 49.6 Å². The van der Waals surface area contributed by atoms with Gasteiger partial charge < -0.3 is 13.9 Å². The lowest BCUT2D eigenvalue weighted by Gasteiger charge is -2.09. The van der Waals surface area contributed by atoms with E-state index in [2.05, 4.69) is 5.32 Å². The maximum absolute atomic E-state index is 12.6. The van der Waals surface area contributed by atoms with Crippen molar-refractivity contribution in [2.24, 2.45) is 0 Å². The van der Waals surface area contributed by atoms with Crippen LogP contribution in [0.1, 0.15) is 36.0 Å². The fraction of sp³-hybridized carbons (Fsp3) is 0.316. The molecule has 0 atom stereocenters. The van der Waals surface area contributed by atoms with Gasteiger partial charge in [0.05, 0.1) is 6.54 Å². The number of benzene rings is 1. The van der Waals surface area contributed by atoms with Crippen molar-refractivity contribution in [3.05, 3.63) is 46.5 Å². The summed E-state index contributed by atoms with van der Waals surface area (Å²) in [4.78, 5) is 11.7. The molecule has 1 amide bonds. The molecule has 2 heterocycles. The molecule has 0 unspecified atom stereocenters. The lowest BCUT2D eigenvalue weighted by atomic mass is 9.96. The smallest absolute Gasteiger partial charge is 0.348 e. The Labute approximate surface area is 161 Å². The Bertz CT molecular complexity index is 1110. The van der Waals surface area contributed by atoms with Crippen LogP contribution in [0.2, 0.25) is 0 Å². The molecular formula is C19H19NO5S2. The van der Waals surface area contributed by atoms with Gasteiger partial charge in [-0.25, -0.2) is 0 Å². The number of hydrogen-bond acceptors (Lipinski definition) is 6. The van der Waals surface area contributed by atoms with Crippen LogP contribution in [-0.4, -0.2) is 14.3 Å². The molecule has 0 saturated heterocycles. The largest absolute Gasteiger partial charge is 0.461 e. The van der Waals surface area contributed by atoms with E-state index in [1.807, 2.05) is 0 Å². The summed E-state index contributed by atoms with van der Waals surface area (Å²) in [6.45, 7) is 1.71. The first-order valence-electron chi connectivity index (χ1n) is 8.74. The molecule has 2 aromatic heterocycles.